The summed E-state index contributed by atoms with van der Waals surface area (Å²) in [5.41, 5.74) is 2.57. The van der Waals surface area contributed by atoms with Gasteiger partial charge >= 0.3 is 5.69 Å². The van der Waals surface area contributed by atoms with Crippen molar-refractivity contribution >= 4 is 22.1 Å². The van der Waals surface area contributed by atoms with E-state index in [2.05, 4.69) is 16.0 Å². The Bertz CT molecular complexity index is 1190. The first-order chi connectivity index (χ1) is 12.1. The van der Waals surface area contributed by atoms with Crippen molar-refractivity contribution in [2.75, 3.05) is 0 Å². The van der Waals surface area contributed by atoms with Crippen LogP contribution in [-0.4, -0.2) is 23.7 Å². The lowest BCUT2D eigenvalue weighted by molar-refractivity contribution is 0.572. The molecule has 7 heteroatoms. The van der Waals surface area contributed by atoms with Gasteiger partial charge in [0.1, 0.15) is 0 Å². The first-order valence-corrected chi connectivity index (χ1v) is 8.24. The van der Waals surface area contributed by atoms with Gasteiger partial charge in [-0.2, -0.15) is 0 Å². The van der Waals surface area contributed by atoms with Gasteiger partial charge < -0.3 is 9.55 Å². The minimum atomic E-state index is -0.324. The maximum Gasteiger partial charge on any atom is 0.332 e. The van der Waals surface area contributed by atoms with Crippen molar-refractivity contribution in [1.29, 1.82) is 0 Å². The topological polar surface area (TPSA) is 77.6 Å². The van der Waals surface area contributed by atoms with Crippen molar-refractivity contribution in [2.45, 2.75) is 19.4 Å². The molecule has 0 amide bonds. The molecule has 25 heavy (non-hydrogen) atoms. The molecule has 7 nitrogen and oxygen atoms in total. The fraction of sp³-hybridized carbons (Fsp3) is 0.278. The van der Waals surface area contributed by atoms with Gasteiger partial charge in [-0.3, -0.25) is 13.9 Å². The van der Waals surface area contributed by atoms with E-state index in [0.29, 0.717) is 24.1 Å². The zero-order chi connectivity index (χ0) is 17.6. The highest BCUT2D eigenvalue weighted by molar-refractivity contribution is 5.83. The number of rotatable bonds is 4. The number of nitrogens with one attached hydrogen (secondary N) is 1. The third-order valence-electron chi connectivity index (χ3n) is 4.70. The van der Waals surface area contributed by atoms with Gasteiger partial charge in [-0.25, -0.2) is 9.78 Å². The van der Waals surface area contributed by atoms with Gasteiger partial charge in [0.25, 0.3) is 5.56 Å². The monoisotopic (exact) mass is 337 g/mol. The van der Waals surface area contributed by atoms with Gasteiger partial charge in [-0.05, 0) is 24.5 Å². The summed E-state index contributed by atoms with van der Waals surface area (Å²) >= 11 is 0. The molecule has 0 unspecified atom stereocenters. The second kappa shape index (κ2) is 5.77. The highest BCUT2D eigenvalue weighted by Gasteiger charge is 2.14. The normalized spacial score (nSPS) is 11.6. The third-order valence-corrected chi connectivity index (χ3v) is 4.70. The van der Waals surface area contributed by atoms with Gasteiger partial charge in [-0.15, -0.1) is 0 Å². The number of fused-ring (bicyclic) bond motifs is 2. The lowest BCUT2D eigenvalue weighted by Gasteiger charge is -2.08. The average molecular weight is 337 g/mol. The van der Waals surface area contributed by atoms with Crippen LogP contribution in [0.2, 0.25) is 0 Å². The highest BCUT2D eigenvalue weighted by Crippen LogP contribution is 2.19. The summed E-state index contributed by atoms with van der Waals surface area (Å²) in [5.74, 6) is 0. The molecule has 0 aliphatic carbocycles. The van der Waals surface area contributed by atoms with E-state index >= 15 is 0 Å². The van der Waals surface area contributed by atoms with Gasteiger partial charge in [0, 0.05) is 37.7 Å². The standard InChI is InChI=1S/C18H19N5O2/c1-21-11-20-16-15(21)17(24)23(18(25)22(16)2)9-5-6-12-10-19-14-8-4-3-7-13(12)14/h3-4,7-8,10-11,19H,5-6,9H2,1-2H3. The third kappa shape index (κ3) is 2.39. The number of hydrogen-bond donors (Lipinski definition) is 1. The van der Waals surface area contributed by atoms with E-state index in [-0.39, 0.29) is 11.2 Å². The van der Waals surface area contributed by atoms with Crippen LogP contribution in [0.25, 0.3) is 22.1 Å². The number of H-pyrrole nitrogens is 1. The van der Waals surface area contributed by atoms with E-state index in [1.54, 1.807) is 25.0 Å². The van der Waals surface area contributed by atoms with Crippen LogP contribution in [0.15, 0.2) is 46.4 Å². The number of nitrogens with zero attached hydrogens (tertiary/aromatic N) is 4. The molecule has 0 fully saturated rings. The molecule has 1 aromatic carbocycles. The van der Waals surface area contributed by atoms with Gasteiger partial charge in [-0.1, -0.05) is 18.2 Å². The van der Waals surface area contributed by atoms with Crippen LogP contribution in [0.3, 0.4) is 0 Å². The molecule has 0 atom stereocenters. The maximum absolute atomic E-state index is 12.7. The molecule has 3 heterocycles. The first-order valence-electron chi connectivity index (χ1n) is 8.24. The largest absolute Gasteiger partial charge is 0.361 e. The molecule has 0 aliphatic rings. The number of aryl methyl sites for hydroxylation is 3. The molecule has 1 N–H and O–H groups in total. The van der Waals surface area contributed by atoms with E-state index in [9.17, 15) is 9.59 Å². The SMILES string of the molecule is Cn1cnc2c1c(=O)n(CCCc1c[nH]c3ccccc13)c(=O)n2C. The summed E-state index contributed by atoms with van der Waals surface area (Å²) in [6, 6.07) is 8.12. The summed E-state index contributed by atoms with van der Waals surface area (Å²) in [4.78, 5) is 32.6. The quantitative estimate of drug-likeness (QED) is 0.614. The van der Waals surface area contributed by atoms with Crippen molar-refractivity contribution in [1.82, 2.24) is 23.7 Å². The average Bonchev–Trinajstić information content (AvgIpc) is 3.20. The molecule has 0 saturated carbocycles. The predicted octanol–water partition coefficient (Wildman–Crippen LogP) is 1.55. The molecule has 4 rings (SSSR count). The Morgan fingerprint density at radius 1 is 1.16 bits per heavy atom. The first kappa shape index (κ1) is 15.4. The zero-order valence-corrected chi connectivity index (χ0v) is 14.2. The van der Waals surface area contributed by atoms with E-state index < -0.39 is 0 Å². The molecular weight excluding hydrogens is 318 g/mol. The smallest absolute Gasteiger partial charge is 0.332 e. The summed E-state index contributed by atoms with van der Waals surface area (Å²) in [7, 11) is 3.41. The fourth-order valence-corrected chi connectivity index (χ4v) is 3.36. The molecule has 0 aliphatic heterocycles. The van der Waals surface area contributed by atoms with Crippen LogP contribution < -0.4 is 11.2 Å². The van der Waals surface area contributed by atoms with Gasteiger partial charge in [0.05, 0.1) is 6.33 Å². The Morgan fingerprint density at radius 3 is 2.80 bits per heavy atom. The Kier molecular flexibility index (Phi) is 3.56. The number of para-hydroxylation sites is 1. The molecule has 128 valence electrons. The van der Waals surface area contributed by atoms with Crippen LogP contribution in [-0.2, 0) is 27.1 Å². The fourth-order valence-electron chi connectivity index (χ4n) is 3.36. The van der Waals surface area contributed by atoms with Gasteiger partial charge in [0.2, 0.25) is 0 Å². The van der Waals surface area contributed by atoms with Crippen LogP contribution in [0.1, 0.15) is 12.0 Å². The zero-order valence-electron chi connectivity index (χ0n) is 14.2. The van der Waals surface area contributed by atoms with Crippen LogP contribution in [0.4, 0.5) is 0 Å². The van der Waals surface area contributed by atoms with E-state index in [1.165, 1.54) is 20.1 Å². The number of hydrogen-bond acceptors (Lipinski definition) is 3. The maximum atomic E-state index is 12.7. The molecular formula is C18H19N5O2. The Labute approximate surface area is 143 Å². The van der Waals surface area contributed by atoms with E-state index in [0.717, 1.165) is 11.9 Å². The number of imidazole rings is 1. The lowest BCUT2D eigenvalue weighted by atomic mass is 10.1. The number of aromatic nitrogens is 5. The lowest BCUT2D eigenvalue weighted by Crippen LogP contribution is -2.39. The Morgan fingerprint density at radius 2 is 1.96 bits per heavy atom. The summed E-state index contributed by atoms with van der Waals surface area (Å²) in [5, 5.41) is 1.19. The Hall–Kier alpha value is -3.09. The molecule has 0 bridgehead atoms. The summed E-state index contributed by atoms with van der Waals surface area (Å²) in [6.45, 7) is 0.381. The summed E-state index contributed by atoms with van der Waals surface area (Å²) in [6.07, 6.45) is 5.06. The van der Waals surface area contributed by atoms with Crippen molar-refractivity contribution in [3.63, 3.8) is 0 Å². The molecule has 3 aromatic heterocycles. The van der Waals surface area contributed by atoms with Crippen molar-refractivity contribution in [3.8, 4) is 0 Å². The number of benzene rings is 1. The summed E-state index contributed by atoms with van der Waals surface area (Å²) < 4.78 is 4.40. The molecule has 4 aromatic rings. The van der Waals surface area contributed by atoms with Crippen LogP contribution in [0, 0.1) is 0 Å². The van der Waals surface area contributed by atoms with Crippen molar-refractivity contribution < 1.29 is 0 Å². The van der Waals surface area contributed by atoms with Crippen LogP contribution >= 0.6 is 0 Å². The van der Waals surface area contributed by atoms with E-state index in [4.69, 9.17) is 0 Å². The number of aromatic amines is 1. The van der Waals surface area contributed by atoms with Crippen molar-refractivity contribution in [3.05, 3.63) is 63.2 Å². The highest BCUT2D eigenvalue weighted by atomic mass is 16.2. The minimum Gasteiger partial charge on any atom is -0.361 e. The van der Waals surface area contributed by atoms with E-state index in [1.807, 2.05) is 24.4 Å². The minimum absolute atomic E-state index is 0.281. The molecule has 0 saturated heterocycles. The second-order valence-electron chi connectivity index (χ2n) is 6.29. The van der Waals surface area contributed by atoms with Crippen molar-refractivity contribution in [2.24, 2.45) is 14.1 Å². The molecule has 0 spiro atoms. The molecule has 0 radical (unpaired) electrons. The predicted molar refractivity (Wildman–Crippen MR) is 96.8 cm³/mol. The van der Waals surface area contributed by atoms with Crippen LogP contribution in [0.5, 0.6) is 0 Å². The Balaban J connectivity index is 1.64. The van der Waals surface area contributed by atoms with Gasteiger partial charge in [0.15, 0.2) is 11.2 Å². The second-order valence-corrected chi connectivity index (χ2v) is 6.29.